The van der Waals surface area contributed by atoms with Gasteiger partial charge in [-0.3, -0.25) is 14.9 Å². The fraction of sp³-hybridized carbons (Fsp3) is 0.800. The quantitative estimate of drug-likeness (QED) is 0.704. The molecule has 0 spiro atoms. The third-order valence-electron chi connectivity index (χ3n) is 2.70. The number of carboxylic acid groups (broad SMARTS) is 1. The largest absolute Gasteiger partial charge is 0.480 e. The van der Waals surface area contributed by atoms with E-state index < -0.39 is 23.5 Å². The minimum atomic E-state index is -0.990. The van der Waals surface area contributed by atoms with Crippen LogP contribution in [0.1, 0.15) is 19.8 Å². The number of carbonyl (C=O) groups is 2. The lowest BCUT2D eigenvalue weighted by Crippen LogP contribution is -2.60. The van der Waals surface area contributed by atoms with E-state index in [2.05, 4.69) is 10.1 Å². The summed E-state index contributed by atoms with van der Waals surface area (Å²) in [6.07, 6.45) is 1.40. The van der Waals surface area contributed by atoms with E-state index in [4.69, 9.17) is 0 Å². The second kappa shape index (κ2) is 5.54. The number of rotatable bonds is 4. The minimum absolute atomic E-state index is 0.434. The first-order chi connectivity index (χ1) is 7.52. The van der Waals surface area contributed by atoms with Crippen LogP contribution < -0.4 is 5.32 Å². The number of aliphatic carboxylic acids is 1. The van der Waals surface area contributed by atoms with Gasteiger partial charge < -0.3 is 9.84 Å². The smallest absolute Gasteiger partial charge is 0.324 e. The maximum absolute atomic E-state index is 11.3. The van der Waals surface area contributed by atoms with E-state index in [-0.39, 0.29) is 0 Å². The second-order valence-electron chi connectivity index (χ2n) is 3.93. The Hall–Kier alpha value is -0.750. The molecule has 0 aromatic rings. The number of nitrogens with one attached hydrogen (secondary N) is 1. The molecule has 0 aromatic carbocycles. The predicted molar refractivity (Wildman–Crippen MR) is 61.5 cm³/mol. The summed E-state index contributed by atoms with van der Waals surface area (Å²) in [6, 6.07) is -0.597. The van der Waals surface area contributed by atoms with Crippen molar-refractivity contribution in [1.82, 2.24) is 5.32 Å². The van der Waals surface area contributed by atoms with Crippen molar-refractivity contribution in [3.8, 4) is 0 Å². The predicted octanol–water partition coefficient (Wildman–Crippen LogP) is 0.488. The zero-order valence-corrected chi connectivity index (χ0v) is 10.3. The van der Waals surface area contributed by atoms with Crippen molar-refractivity contribution < 1.29 is 19.4 Å². The average Bonchev–Trinajstić information content (AvgIpc) is 2.28. The third kappa shape index (κ3) is 2.89. The number of carboxylic acids is 1. The normalized spacial score (nSPS) is 27.1. The molecule has 2 atom stereocenters. The zero-order chi connectivity index (χ0) is 12.2. The number of methoxy groups -OCH3 is 1. The van der Waals surface area contributed by atoms with Gasteiger partial charge in [0, 0.05) is 5.75 Å². The molecule has 92 valence electrons. The number of ether oxygens (including phenoxy) is 1. The summed E-state index contributed by atoms with van der Waals surface area (Å²) in [6.45, 7) is 1.62. The van der Waals surface area contributed by atoms with Gasteiger partial charge in [-0.1, -0.05) is 0 Å². The number of thioether (sulfide) groups is 1. The van der Waals surface area contributed by atoms with E-state index in [9.17, 15) is 14.7 Å². The highest BCUT2D eigenvalue weighted by molar-refractivity contribution is 7.99. The van der Waals surface area contributed by atoms with Gasteiger partial charge >= 0.3 is 11.9 Å². The minimum Gasteiger partial charge on any atom is -0.480 e. The van der Waals surface area contributed by atoms with Gasteiger partial charge in [0.15, 0.2) is 0 Å². The summed E-state index contributed by atoms with van der Waals surface area (Å²) < 4.78 is 4.58. The monoisotopic (exact) mass is 247 g/mol. The van der Waals surface area contributed by atoms with Crippen molar-refractivity contribution in [2.75, 3.05) is 18.6 Å². The van der Waals surface area contributed by atoms with E-state index in [1.54, 1.807) is 18.7 Å². The molecule has 1 aliphatic heterocycles. The maximum atomic E-state index is 11.3. The van der Waals surface area contributed by atoms with Gasteiger partial charge in [-0.25, -0.2) is 0 Å². The fourth-order valence-corrected chi connectivity index (χ4v) is 2.98. The van der Waals surface area contributed by atoms with Gasteiger partial charge in [0.1, 0.15) is 11.6 Å². The Labute approximate surface area is 98.9 Å². The molecule has 0 amide bonds. The van der Waals surface area contributed by atoms with E-state index >= 15 is 0 Å². The van der Waals surface area contributed by atoms with Gasteiger partial charge in [0.2, 0.25) is 0 Å². The van der Waals surface area contributed by atoms with Crippen molar-refractivity contribution >= 4 is 23.7 Å². The lowest BCUT2D eigenvalue weighted by Gasteiger charge is -2.35. The lowest BCUT2D eigenvalue weighted by molar-refractivity contribution is -0.147. The van der Waals surface area contributed by atoms with Crippen LogP contribution in [0.5, 0.6) is 0 Å². The first-order valence-corrected chi connectivity index (χ1v) is 6.34. The molecule has 2 N–H and O–H groups in total. The summed E-state index contributed by atoms with van der Waals surface area (Å²) >= 11 is 1.60. The molecule has 0 aliphatic carbocycles. The Morgan fingerprint density at radius 2 is 2.25 bits per heavy atom. The lowest BCUT2D eigenvalue weighted by atomic mass is 9.94. The molecular weight excluding hydrogens is 230 g/mol. The van der Waals surface area contributed by atoms with Crippen molar-refractivity contribution in [2.45, 2.75) is 31.3 Å². The summed E-state index contributed by atoms with van der Waals surface area (Å²) in [5.74, 6) is 0.138. The zero-order valence-electron chi connectivity index (χ0n) is 9.49. The third-order valence-corrected chi connectivity index (χ3v) is 3.97. The van der Waals surface area contributed by atoms with Crippen LogP contribution in [0.25, 0.3) is 0 Å². The highest BCUT2D eigenvalue weighted by Crippen LogP contribution is 2.27. The average molecular weight is 247 g/mol. The maximum Gasteiger partial charge on any atom is 0.324 e. The SMILES string of the molecule is COC(=O)C(C)NC1(C(=O)O)CCCSC1. The van der Waals surface area contributed by atoms with Crippen LogP contribution in [0.3, 0.4) is 0 Å². The van der Waals surface area contributed by atoms with Crippen LogP contribution in [0.4, 0.5) is 0 Å². The van der Waals surface area contributed by atoms with Crippen LogP contribution in [0, 0.1) is 0 Å². The Bertz CT molecular complexity index is 276. The van der Waals surface area contributed by atoms with Gasteiger partial charge in [0.05, 0.1) is 7.11 Å². The summed E-state index contributed by atoms with van der Waals surface area (Å²) in [5, 5.41) is 12.2. The van der Waals surface area contributed by atoms with Gasteiger partial charge in [-0.05, 0) is 25.5 Å². The molecule has 2 unspecified atom stereocenters. The topological polar surface area (TPSA) is 75.6 Å². The van der Waals surface area contributed by atoms with Crippen molar-refractivity contribution in [2.24, 2.45) is 0 Å². The van der Waals surface area contributed by atoms with Crippen LogP contribution in [0.15, 0.2) is 0 Å². The van der Waals surface area contributed by atoms with E-state index in [1.165, 1.54) is 7.11 Å². The Morgan fingerprint density at radius 3 is 2.69 bits per heavy atom. The summed E-state index contributed by atoms with van der Waals surface area (Å²) in [5.41, 5.74) is -0.990. The Kier molecular flexibility index (Phi) is 4.61. The van der Waals surface area contributed by atoms with Gasteiger partial charge in [-0.2, -0.15) is 11.8 Å². The molecule has 5 nitrogen and oxygen atoms in total. The fourth-order valence-electron chi connectivity index (χ4n) is 1.79. The number of carbonyl (C=O) groups excluding carboxylic acids is 1. The molecule has 1 saturated heterocycles. The highest BCUT2D eigenvalue weighted by Gasteiger charge is 2.42. The molecule has 1 heterocycles. The highest BCUT2D eigenvalue weighted by atomic mass is 32.2. The molecule has 0 bridgehead atoms. The van der Waals surface area contributed by atoms with E-state index in [1.807, 2.05) is 0 Å². The Balaban J connectivity index is 2.71. The number of hydrogen-bond donors (Lipinski definition) is 2. The molecule has 1 aliphatic rings. The molecule has 0 radical (unpaired) electrons. The van der Waals surface area contributed by atoms with Crippen LogP contribution in [-0.4, -0.2) is 47.2 Å². The molecule has 1 rings (SSSR count). The Morgan fingerprint density at radius 1 is 1.56 bits per heavy atom. The first-order valence-electron chi connectivity index (χ1n) is 5.18. The van der Waals surface area contributed by atoms with E-state index in [0.29, 0.717) is 12.2 Å². The van der Waals surface area contributed by atoms with Crippen LogP contribution in [-0.2, 0) is 14.3 Å². The van der Waals surface area contributed by atoms with Crippen LogP contribution in [0.2, 0.25) is 0 Å². The van der Waals surface area contributed by atoms with Gasteiger partial charge in [-0.15, -0.1) is 0 Å². The standard InChI is InChI=1S/C10H17NO4S/c1-7(8(12)15-2)11-10(9(13)14)4-3-5-16-6-10/h7,11H,3-6H2,1-2H3,(H,13,14). The van der Waals surface area contributed by atoms with Crippen molar-refractivity contribution in [3.63, 3.8) is 0 Å². The molecule has 16 heavy (non-hydrogen) atoms. The van der Waals surface area contributed by atoms with Crippen molar-refractivity contribution in [1.29, 1.82) is 0 Å². The van der Waals surface area contributed by atoms with Gasteiger partial charge in [0.25, 0.3) is 0 Å². The molecule has 0 aromatic heterocycles. The molecular formula is C10H17NO4S. The van der Waals surface area contributed by atoms with E-state index in [0.717, 1.165) is 12.2 Å². The molecule has 6 heteroatoms. The first kappa shape index (κ1) is 13.3. The van der Waals surface area contributed by atoms with Crippen LogP contribution >= 0.6 is 11.8 Å². The van der Waals surface area contributed by atoms with Crippen molar-refractivity contribution in [3.05, 3.63) is 0 Å². The molecule has 1 fully saturated rings. The summed E-state index contributed by atoms with van der Waals surface area (Å²) in [7, 11) is 1.30. The number of esters is 1. The number of hydrogen-bond acceptors (Lipinski definition) is 5. The summed E-state index contributed by atoms with van der Waals surface area (Å²) in [4.78, 5) is 22.6. The molecule has 0 saturated carbocycles. The second-order valence-corrected chi connectivity index (χ2v) is 5.04.